The van der Waals surface area contributed by atoms with Gasteiger partial charge in [0.25, 0.3) is 5.91 Å². The Labute approximate surface area is 134 Å². The quantitative estimate of drug-likeness (QED) is 0.627. The first-order valence-corrected chi connectivity index (χ1v) is 7.35. The summed E-state index contributed by atoms with van der Waals surface area (Å²) in [4.78, 5) is 23.3. The standard InChI is InChI=1S/C15H20N6O2/c1-2-3-7-18-14-12(8-19-15(17)21-14)23-9-10-5-4-6-11(20-10)13(16)22/h4-6,8H,2-3,7,9H2,1H3,(H2,16,22)(H3,17,18,19,21). The van der Waals surface area contributed by atoms with Gasteiger partial charge in [-0.25, -0.2) is 9.97 Å². The fraction of sp³-hybridized carbons (Fsp3) is 0.333. The number of anilines is 2. The zero-order valence-corrected chi connectivity index (χ0v) is 13.0. The van der Waals surface area contributed by atoms with Gasteiger partial charge in [-0.1, -0.05) is 19.4 Å². The smallest absolute Gasteiger partial charge is 0.267 e. The van der Waals surface area contributed by atoms with Crippen molar-refractivity contribution in [2.24, 2.45) is 5.73 Å². The van der Waals surface area contributed by atoms with Crippen molar-refractivity contribution >= 4 is 17.7 Å². The lowest BCUT2D eigenvalue weighted by Crippen LogP contribution is -2.14. The molecule has 0 aliphatic carbocycles. The van der Waals surface area contributed by atoms with Gasteiger partial charge < -0.3 is 21.5 Å². The number of rotatable bonds is 8. The first-order chi connectivity index (χ1) is 11.1. The molecule has 0 aliphatic rings. The van der Waals surface area contributed by atoms with E-state index in [0.717, 1.165) is 19.4 Å². The normalized spacial score (nSPS) is 10.3. The van der Waals surface area contributed by atoms with Crippen molar-refractivity contribution in [3.8, 4) is 5.75 Å². The van der Waals surface area contributed by atoms with E-state index in [1.807, 2.05) is 0 Å². The predicted octanol–water partition coefficient (Wildman–Crippen LogP) is 1.34. The molecule has 0 aromatic carbocycles. The van der Waals surface area contributed by atoms with Crippen LogP contribution in [-0.2, 0) is 6.61 Å². The summed E-state index contributed by atoms with van der Waals surface area (Å²) in [6.45, 7) is 3.03. The van der Waals surface area contributed by atoms with Crippen LogP contribution in [0.25, 0.3) is 0 Å². The van der Waals surface area contributed by atoms with E-state index in [9.17, 15) is 4.79 Å². The predicted molar refractivity (Wildman–Crippen MR) is 86.9 cm³/mol. The maximum atomic E-state index is 11.1. The number of nitrogens with zero attached hydrogens (tertiary/aromatic N) is 3. The Hall–Kier alpha value is -2.90. The van der Waals surface area contributed by atoms with Gasteiger partial charge in [-0.3, -0.25) is 4.79 Å². The first-order valence-electron chi connectivity index (χ1n) is 7.35. The molecule has 0 unspecified atom stereocenters. The number of aromatic nitrogens is 3. The lowest BCUT2D eigenvalue weighted by Gasteiger charge is -2.12. The molecule has 0 spiro atoms. The molecule has 2 heterocycles. The number of pyridine rings is 1. The minimum atomic E-state index is -0.579. The van der Waals surface area contributed by atoms with Crippen LogP contribution in [0, 0.1) is 0 Å². The summed E-state index contributed by atoms with van der Waals surface area (Å²) < 4.78 is 5.69. The highest BCUT2D eigenvalue weighted by Crippen LogP contribution is 2.22. The largest absolute Gasteiger partial charge is 0.482 e. The average molecular weight is 316 g/mol. The van der Waals surface area contributed by atoms with Crippen molar-refractivity contribution in [1.82, 2.24) is 15.0 Å². The van der Waals surface area contributed by atoms with Crippen molar-refractivity contribution in [3.05, 3.63) is 35.8 Å². The topological polar surface area (TPSA) is 129 Å². The summed E-state index contributed by atoms with van der Waals surface area (Å²) in [5.74, 6) is 0.605. The second-order valence-corrected chi connectivity index (χ2v) is 4.89. The van der Waals surface area contributed by atoms with Gasteiger partial charge in [0.15, 0.2) is 11.6 Å². The number of hydrogen-bond donors (Lipinski definition) is 3. The molecule has 2 rings (SSSR count). The number of amides is 1. The lowest BCUT2D eigenvalue weighted by atomic mass is 10.3. The maximum Gasteiger partial charge on any atom is 0.267 e. The molecule has 8 nitrogen and oxygen atoms in total. The third kappa shape index (κ3) is 4.80. The van der Waals surface area contributed by atoms with Gasteiger partial charge in [0.1, 0.15) is 12.3 Å². The maximum absolute atomic E-state index is 11.1. The van der Waals surface area contributed by atoms with Crippen molar-refractivity contribution in [3.63, 3.8) is 0 Å². The number of nitrogen functional groups attached to an aromatic ring is 1. The molecule has 23 heavy (non-hydrogen) atoms. The van der Waals surface area contributed by atoms with E-state index in [-0.39, 0.29) is 18.2 Å². The van der Waals surface area contributed by atoms with Crippen LogP contribution in [0.3, 0.4) is 0 Å². The molecule has 1 amide bonds. The summed E-state index contributed by atoms with van der Waals surface area (Å²) in [6, 6.07) is 5.00. The summed E-state index contributed by atoms with van der Waals surface area (Å²) in [5, 5.41) is 3.17. The van der Waals surface area contributed by atoms with Crippen LogP contribution >= 0.6 is 0 Å². The van der Waals surface area contributed by atoms with Crippen molar-refractivity contribution < 1.29 is 9.53 Å². The molecule has 8 heteroatoms. The van der Waals surface area contributed by atoms with Crippen molar-refractivity contribution in [1.29, 1.82) is 0 Å². The molecule has 0 radical (unpaired) electrons. The first kappa shape index (κ1) is 16.5. The van der Waals surface area contributed by atoms with Gasteiger partial charge in [0.05, 0.1) is 11.9 Å². The molecule has 2 aromatic rings. The van der Waals surface area contributed by atoms with E-state index in [2.05, 4.69) is 27.2 Å². The highest BCUT2D eigenvalue weighted by atomic mass is 16.5. The van der Waals surface area contributed by atoms with Gasteiger partial charge in [0.2, 0.25) is 5.95 Å². The van der Waals surface area contributed by atoms with Crippen molar-refractivity contribution in [2.75, 3.05) is 17.6 Å². The van der Waals surface area contributed by atoms with Crippen LogP contribution in [-0.4, -0.2) is 27.4 Å². The molecule has 122 valence electrons. The van der Waals surface area contributed by atoms with E-state index < -0.39 is 5.91 Å². The Morgan fingerprint density at radius 2 is 2.17 bits per heavy atom. The lowest BCUT2D eigenvalue weighted by molar-refractivity contribution is 0.0995. The Kier molecular flexibility index (Phi) is 5.67. The zero-order valence-electron chi connectivity index (χ0n) is 13.0. The highest BCUT2D eigenvalue weighted by Gasteiger charge is 2.09. The summed E-state index contributed by atoms with van der Waals surface area (Å²) in [5.41, 5.74) is 11.6. The van der Waals surface area contributed by atoms with Gasteiger partial charge in [-0.2, -0.15) is 4.98 Å². The minimum absolute atomic E-state index is 0.164. The highest BCUT2D eigenvalue weighted by molar-refractivity contribution is 5.90. The molecule has 0 saturated heterocycles. The van der Waals surface area contributed by atoms with Crippen LogP contribution in [0.4, 0.5) is 11.8 Å². The Bertz CT molecular complexity index is 677. The molecule has 5 N–H and O–H groups in total. The molecule has 0 fully saturated rings. The van der Waals surface area contributed by atoms with Gasteiger partial charge in [-0.15, -0.1) is 0 Å². The fourth-order valence-corrected chi connectivity index (χ4v) is 1.85. The van der Waals surface area contributed by atoms with Crippen LogP contribution in [0.2, 0.25) is 0 Å². The molecule has 0 saturated carbocycles. The van der Waals surface area contributed by atoms with Crippen LogP contribution in [0.15, 0.2) is 24.4 Å². The summed E-state index contributed by atoms with van der Waals surface area (Å²) in [6.07, 6.45) is 3.58. The molecule has 2 aromatic heterocycles. The van der Waals surface area contributed by atoms with E-state index in [4.69, 9.17) is 16.2 Å². The van der Waals surface area contributed by atoms with E-state index in [0.29, 0.717) is 17.3 Å². The summed E-state index contributed by atoms with van der Waals surface area (Å²) >= 11 is 0. The molecular weight excluding hydrogens is 296 g/mol. The number of nitrogens with two attached hydrogens (primary N) is 2. The molecule has 0 aliphatic heterocycles. The second kappa shape index (κ2) is 7.92. The molecule has 0 bridgehead atoms. The Morgan fingerprint density at radius 1 is 1.35 bits per heavy atom. The summed E-state index contributed by atoms with van der Waals surface area (Å²) in [7, 11) is 0. The van der Waals surface area contributed by atoms with Gasteiger partial charge >= 0.3 is 0 Å². The molecular formula is C15H20N6O2. The number of ether oxygens (including phenoxy) is 1. The number of carbonyl (C=O) groups is 1. The third-order valence-electron chi connectivity index (χ3n) is 3.03. The Morgan fingerprint density at radius 3 is 2.91 bits per heavy atom. The van der Waals surface area contributed by atoms with Crippen LogP contribution in [0.1, 0.15) is 35.9 Å². The van der Waals surface area contributed by atoms with Crippen molar-refractivity contribution in [2.45, 2.75) is 26.4 Å². The number of nitrogens with one attached hydrogen (secondary N) is 1. The van der Waals surface area contributed by atoms with Gasteiger partial charge in [-0.05, 0) is 18.6 Å². The van der Waals surface area contributed by atoms with E-state index in [1.54, 1.807) is 18.2 Å². The van der Waals surface area contributed by atoms with Crippen LogP contribution in [0.5, 0.6) is 5.75 Å². The number of hydrogen-bond acceptors (Lipinski definition) is 7. The average Bonchev–Trinajstić information content (AvgIpc) is 2.54. The fourth-order valence-electron chi connectivity index (χ4n) is 1.85. The monoisotopic (exact) mass is 316 g/mol. The van der Waals surface area contributed by atoms with Gasteiger partial charge in [0, 0.05) is 6.54 Å². The molecule has 0 atom stereocenters. The SMILES string of the molecule is CCCCNc1nc(N)ncc1OCc1cccc(C(N)=O)n1. The Balaban J connectivity index is 2.07. The van der Waals surface area contributed by atoms with E-state index in [1.165, 1.54) is 6.20 Å². The van der Waals surface area contributed by atoms with E-state index >= 15 is 0 Å². The zero-order chi connectivity index (χ0) is 16.7. The number of carbonyl (C=O) groups excluding carboxylic acids is 1. The number of unbranched alkanes of at least 4 members (excludes halogenated alkanes) is 1. The third-order valence-corrected chi connectivity index (χ3v) is 3.03. The minimum Gasteiger partial charge on any atom is -0.482 e. The van der Waals surface area contributed by atoms with Crippen LogP contribution < -0.4 is 21.5 Å². The second-order valence-electron chi connectivity index (χ2n) is 4.89. The number of primary amides is 1.